The van der Waals surface area contributed by atoms with Gasteiger partial charge in [-0.2, -0.15) is 5.26 Å². The summed E-state index contributed by atoms with van der Waals surface area (Å²) in [7, 11) is 0. The molecule has 1 aliphatic rings. The van der Waals surface area contributed by atoms with E-state index in [1.165, 1.54) is 0 Å². The van der Waals surface area contributed by atoms with Gasteiger partial charge in [-0.15, -0.1) is 0 Å². The number of ether oxygens (including phenoxy) is 1. The summed E-state index contributed by atoms with van der Waals surface area (Å²) in [6.45, 7) is 4.86. The minimum Gasteiger partial charge on any atom is -0.365 e. The largest absolute Gasteiger partial charge is 0.365 e. The van der Waals surface area contributed by atoms with E-state index in [1.807, 2.05) is 44.2 Å². The van der Waals surface area contributed by atoms with Crippen molar-refractivity contribution in [3.05, 3.63) is 59.9 Å². The van der Waals surface area contributed by atoms with Gasteiger partial charge in [-0.1, -0.05) is 6.07 Å². The van der Waals surface area contributed by atoms with Gasteiger partial charge in [0.2, 0.25) is 0 Å². The van der Waals surface area contributed by atoms with Crippen LogP contribution in [0.5, 0.6) is 0 Å². The van der Waals surface area contributed by atoms with Crippen LogP contribution in [0, 0.1) is 18.3 Å². The minimum atomic E-state index is -0.636. The van der Waals surface area contributed by atoms with E-state index in [4.69, 9.17) is 4.74 Å². The van der Waals surface area contributed by atoms with Crippen LogP contribution in [-0.4, -0.2) is 41.2 Å². The molecule has 146 valence electrons. The lowest BCUT2D eigenvalue weighted by atomic mass is 10.1. The van der Waals surface area contributed by atoms with Gasteiger partial charge in [0.25, 0.3) is 5.91 Å². The maximum atomic E-state index is 12.8. The number of anilines is 2. The second-order valence-electron chi connectivity index (χ2n) is 7.14. The molecular formula is C22H21N5O2. The van der Waals surface area contributed by atoms with Gasteiger partial charge in [0.15, 0.2) is 6.10 Å². The first kappa shape index (κ1) is 18.8. The van der Waals surface area contributed by atoms with Crippen LogP contribution < -0.4 is 10.2 Å². The molecule has 7 nitrogen and oxygen atoms in total. The Kier molecular flexibility index (Phi) is 5.10. The second kappa shape index (κ2) is 7.86. The van der Waals surface area contributed by atoms with Gasteiger partial charge in [0.05, 0.1) is 23.7 Å². The summed E-state index contributed by atoms with van der Waals surface area (Å²) >= 11 is 0. The smallest absolute Gasteiger partial charge is 0.256 e. The van der Waals surface area contributed by atoms with E-state index in [0.29, 0.717) is 30.0 Å². The summed E-state index contributed by atoms with van der Waals surface area (Å²) in [6.07, 6.45) is 0.913. The van der Waals surface area contributed by atoms with Crippen LogP contribution >= 0.6 is 0 Å². The normalized spacial score (nSPS) is 19.0. The van der Waals surface area contributed by atoms with Crippen molar-refractivity contribution in [2.75, 3.05) is 23.3 Å². The number of amides is 1. The number of hydrogen-bond acceptors (Lipinski definition) is 6. The number of nitrogens with one attached hydrogen (secondary N) is 1. The predicted octanol–water partition coefficient (Wildman–Crippen LogP) is 3.04. The topological polar surface area (TPSA) is 91.1 Å². The first-order valence-corrected chi connectivity index (χ1v) is 9.48. The van der Waals surface area contributed by atoms with Crippen LogP contribution in [0.4, 0.5) is 11.5 Å². The Morgan fingerprint density at radius 3 is 2.90 bits per heavy atom. The number of aromatic nitrogens is 2. The molecule has 3 aromatic rings. The molecule has 0 radical (unpaired) electrons. The average Bonchev–Trinajstić information content (AvgIpc) is 2.72. The minimum absolute atomic E-state index is 0.132. The van der Waals surface area contributed by atoms with E-state index in [0.717, 1.165) is 16.8 Å². The zero-order valence-corrected chi connectivity index (χ0v) is 16.3. The van der Waals surface area contributed by atoms with Crippen molar-refractivity contribution in [2.45, 2.75) is 26.1 Å². The number of carbonyl (C=O) groups is 1. The fraction of sp³-hybridized carbons (Fsp3) is 0.273. The highest BCUT2D eigenvalue weighted by Crippen LogP contribution is 2.30. The van der Waals surface area contributed by atoms with Crippen molar-refractivity contribution in [3.8, 4) is 6.07 Å². The third-order valence-electron chi connectivity index (χ3n) is 4.90. The summed E-state index contributed by atoms with van der Waals surface area (Å²) in [5.41, 5.74) is 2.97. The van der Waals surface area contributed by atoms with E-state index >= 15 is 0 Å². The van der Waals surface area contributed by atoms with Gasteiger partial charge in [0.1, 0.15) is 11.9 Å². The van der Waals surface area contributed by atoms with Crippen molar-refractivity contribution in [1.29, 1.82) is 5.26 Å². The quantitative estimate of drug-likeness (QED) is 0.743. The van der Waals surface area contributed by atoms with Gasteiger partial charge in [-0.05, 0) is 50.2 Å². The predicted molar refractivity (Wildman–Crippen MR) is 111 cm³/mol. The zero-order valence-electron chi connectivity index (χ0n) is 16.3. The average molecular weight is 387 g/mol. The first-order valence-electron chi connectivity index (χ1n) is 9.48. The molecule has 1 aliphatic heterocycles. The van der Waals surface area contributed by atoms with Gasteiger partial charge in [-0.3, -0.25) is 9.78 Å². The third kappa shape index (κ3) is 3.89. The molecule has 3 heterocycles. The summed E-state index contributed by atoms with van der Waals surface area (Å²) in [6, 6.07) is 15.2. The Bertz CT molecular complexity index is 1110. The van der Waals surface area contributed by atoms with Crippen molar-refractivity contribution in [1.82, 2.24) is 9.97 Å². The van der Waals surface area contributed by atoms with E-state index in [-0.39, 0.29) is 12.0 Å². The van der Waals surface area contributed by atoms with Crippen LogP contribution in [0.25, 0.3) is 10.9 Å². The number of carbonyl (C=O) groups excluding carboxylic acids is 1. The number of benzene rings is 1. The molecule has 7 heteroatoms. The van der Waals surface area contributed by atoms with Crippen LogP contribution in [0.3, 0.4) is 0 Å². The monoisotopic (exact) mass is 387 g/mol. The number of pyridine rings is 2. The summed E-state index contributed by atoms with van der Waals surface area (Å²) < 4.78 is 5.91. The maximum absolute atomic E-state index is 12.8. The van der Waals surface area contributed by atoms with Crippen molar-refractivity contribution < 1.29 is 9.53 Å². The van der Waals surface area contributed by atoms with Crippen LogP contribution in [0.15, 0.2) is 48.7 Å². The fourth-order valence-electron chi connectivity index (χ4n) is 3.64. The lowest BCUT2D eigenvalue weighted by Crippen LogP contribution is -2.51. The zero-order chi connectivity index (χ0) is 20.4. The summed E-state index contributed by atoms with van der Waals surface area (Å²) in [5, 5.41) is 13.1. The molecule has 0 unspecified atom stereocenters. The van der Waals surface area contributed by atoms with Gasteiger partial charge < -0.3 is 15.0 Å². The Balaban J connectivity index is 1.61. The van der Waals surface area contributed by atoms with Gasteiger partial charge in [0, 0.05) is 29.5 Å². The molecule has 1 saturated heterocycles. The second-order valence-corrected chi connectivity index (χ2v) is 7.14. The Labute approximate surface area is 169 Å². The molecule has 0 spiro atoms. The van der Waals surface area contributed by atoms with Gasteiger partial charge in [-0.25, -0.2) is 4.98 Å². The first-order chi connectivity index (χ1) is 14.0. The van der Waals surface area contributed by atoms with E-state index < -0.39 is 6.10 Å². The number of hydrogen-bond donors (Lipinski definition) is 1. The number of nitriles is 1. The molecule has 1 amide bonds. The highest BCUT2D eigenvalue weighted by atomic mass is 16.5. The highest BCUT2D eigenvalue weighted by Gasteiger charge is 2.31. The fourth-order valence-corrected chi connectivity index (χ4v) is 3.64. The molecule has 1 fully saturated rings. The molecule has 1 N–H and O–H groups in total. The lowest BCUT2D eigenvalue weighted by Gasteiger charge is -2.38. The molecule has 0 bridgehead atoms. The number of rotatable bonds is 3. The summed E-state index contributed by atoms with van der Waals surface area (Å²) in [4.78, 5) is 23.6. The molecule has 0 saturated carbocycles. The SMILES string of the molecule is Cc1cccc(NC(=O)[C@H]2CN(c3ccc(C#N)c4ncccc34)C[C@@H](C)O2)n1. The molecule has 29 heavy (non-hydrogen) atoms. The molecule has 0 aliphatic carbocycles. The lowest BCUT2D eigenvalue weighted by molar-refractivity contribution is -0.131. The van der Waals surface area contributed by atoms with E-state index in [9.17, 15) is 10.1 Å². The molecule has 1 aromatic carbocycles. The van der Waals surface area contributed by atoms with Crippen LogP contribution in [-0.2, 0) is 9.53 Å². The van der Waals surface area contributed by atoms with E-state index in [2.05, 4.69) is 26.3 Å². The van der Waals surface area contributed by atoms with Gasteiger partial charge >= 0.3 is 0 Å². The molecule has 4 rings (SSSR count). The van der Waals surface area contributed by atoms with Crippen LogP contribution in [0.2, 0.25) is 0 Å². The number of morpholine rings is 1. The number of nitrogens with zero attached hydrogens (tertiary/aromatic N) is 4. The van der Waals surface area contributed by atoms with Crippen molar-refractivity contribution in [3.63, 3.8) is 0 Å². The standard InChI is InChI=1S/C22H21N5O2/c1-14-5-3-7-20(25-14)26-22(28)19-13-27(12-15(2)29-19)18-9-8-16(11-23)21-17(18)6-4-10-24-21/h3-10,15,19H,12-13H2,1-2H3,(H,25,26,28)/t15-,19-/m1/s1. The molecule has 2 aromatic heterocycles. The highest BCUT2D eigenvalue weighted by molar-refractivity contribution is 5.97. The Morgan fingerprint density at radius 1 is 1.24 bits per heavy atom. The number of aryl methyl sites for hydroxylation is 1. The van der Waals surface area contributed by atoms with E-state index in [1.54, 1.807) is 18.3 Å². The Hall–Kier alpha value is -3.50. The van der Waals surface area contributed by atoms with Crippen molar-refractivity contribution in [2.24, 2.45) is 0 Å². The van der Waals surface area contributed by atoms with Crippen molar-refractivity contribution >= 4 is 28.3 Å². The maximum Gasteiger partial charge on any atom is 0.256 e. The molecular weight excluding hydrogens is 366 g/mol. The van der Waals surface area contributed by atoms with Crippen LogP contribution in [0.1, 0.15) is 18.2 Å². The third-order valence-corrected chi connectivity index (χ3v) is 4.90. The molecule has 2 atom stereocenters. The Morgan fingerprint density at radius 2 is 2.10 bits per heavy atom. The number of fused-ring (bicyclic) bond motifs is 1. The summed E-state index contributed by atoms with van der Waals surface area (Å²) in [5.74, 6) is 0.284.